The Balaban J connectivity index is 2.03. The number of phenolic OH excluding ortho intramolecular Hbond substituents is 2. The Kier molecular flexibility index (Phi) is 5.62. The fourth-order valence-electron chi connectivity index (χ4n) is 2.28. The molecule has 0 atom stereocenters. The molecule has 0 saturated carbocycles. The van der Waals surface area contributed by atoms with Crippen LogP contribution in [0.3, 0.4) is 0 Å². The van der Waals surface area contributed by atoms with E-state index in [1.54, 1.807) is 24.3 Å². The quantitative estimate of drug-likeness (QED) is 0.383. The average molecular weight is 351 g/mol. The van der Waals surface area contributed by atoms with Crippen LogP contribution in [0.25, 0.3) is 0 Å². The van der Waals surface area contributed by atoms with Crippen molar-refractivity contribution >= 4 is 19.2 Å². The minimum absolute atomic E-state index is 0.0991. The lowest BCUT2D eigenvalue weighted by atomic mass is 10.0. The van der Waals surface area contributed by atoms with E-state index in [0.717, 1.165) is 11.6 Å². The Labute approximate surface area is 138 Å². The van der Waals surface area contributed by atoms with E-state index >= 15 is 0 Å². The lowest BCUT2D eigenvalue weighted by molar-refractivity contribution is 0.0981. The molecule has 8 heteroatoms. The highest BCUT2D eigenvalue weighted by Crippen LogP contribution is 2.38. The maximum absolute atomic E-state index is 12.3. The highest BCUT2D eigenvalue weighted by atomic mass is 31.2. The summed E-state index contributed by atoms with van der Waals surface area (Å²) in [5.74, 6) is -0.316. The Morgan fingerprint density at radius 1 is 1.00 bits per heavy atom. The Morgan fingerprint density at radius 3 is 2.25 bits per heavy atom. The third-order valence-electron chi connectivity index (χ3n) is 3.38. The molecule has 5 N–H and O–H groups in total. The van der Waals surface area contributed by atoms with Gasteiger partial charge in [-0.3, -0.25) is 9.88 Å². The van der Waals surface area contributed by atoms with Crippen LogP contribution in [-0.4, -0.2) is 25.8 Å². The van der Waals surface area contributed by atoms with Crippen LogP contribution in [-0.2, 0) is 11.0 Å². The van der Waals surface area contributed by atoms with E-state index in [1.807, 2.05) is 5.09 Å². The number of anilines is 1. The second kappa shape index (κ2) is 7.49. The smallest absolute Gasteiger partial charge is 0.427 e. The molecule has 0 spiro atoms. The number of hydrogen-bond donors (Lipinski definition) is 5. The summed E-state index contributed by atoms with van der Waals surface area (Å²) in [7, 11) is -4.59. The van der Waals surface area contributed by atoms with Gasteiger partial charge in [0.05, 0.1) is 5.69 Å². The van der Waals surface area contributed by atoms with Gasteiger partial charge >= 0.3 is 7.75 Å². The van der Waals surface area contributed by atoms with Crippen molar-refractivity contribution < 1.29 is 29.4 Å². The third kappa shape index (κ3) is 5.38. The van der Waals surface area contributed by atoms with Gasteiger partial charge in [-0.15, -0.1) is 0 Å². The Hall–Kier alpha value is -2.34. The third-order valence-corrected chi connectivity index (χ3v) is 3.91. The van der Waals surface area contributed by atoms with Crippen molar-refractivity contribution in [2.45, 2.75) is 19.3 Å². The van der Waals surface area contributed by atoms with Crippen molar-refractivity contribution in [3.8, 4) is 11.5 Å². The maximum atomic E-state index is 12.3. The van der Waals surface area contributed by atoms with E-state index in [4.69, 9.17) is 9.79 Å². The normalized spacial score (nSPS) is 11.2. The highest BCUT2D eigenvalue weighted by Gasteiger charge is 2.19. The van der Waals surface area contributed by atoms with Gasteiger partial charge < -0.3 is 20.0 Å². The van der Waals surface area contributed by atoms with E-state index in [0.29, 0.717) is 12.8 Å². The Bertz CT molecular complexity index is 769. The molecular formula is C16H18NO6P. The van der Waals surface area contributed by atoms with Crippen LogP contribution < -0.4 is 5.09 Å². The van der Waals surface area contributed by atoms with Gasteiger partial charge in [-0.25, -0.2) is 4.57 Å². The number of aryl methyl sites for hydroxylation is 1. The standard InChI is InChI=1S/C16H18NO6P/c18-12-6-4-11(5-7-12)2-1-3-16(20)14-9-8-13(19)10-15(14)17-24(21,22)23/h4-10,18-19H,1-3H2,(H3,17,21,22,23). The zero-order valence-electron chi connectivity index (χ0n) is 12.7. The summed E-state index contributed by atoms with van der Waals surface area (Å²) in [4.78, 5) is 30.3. The number of Topliss-reactive ketones (excluding diaryl/α,β-unsaturated/α-hetero) is 1. The van der Waals surface area contributed by atoms with Crippen molar-refractivity contribution in [1.29, 1.82) is 0 Å². The van der Waals surface area contributed by atoms with Crippen LogP contribution >= 0.6 is 7.75 Å². The highest BCUT2D eigenvalue weighted by molar-refractivity contribution is 7.53. The minimum atomic E-state index is -4.59. The van der Waals surface area contributed by atoms with Gasteiger partial charge in [-0.2, -0.15) is 0 Å². The summed E-state index contributed by atoms with van der Waals surface area (Å²) in [5, 5.41) is 20.6. The van der Waals surface area contributed by atoms with Gasteiger partial charge in [0, 0.05) is 18.1 Å². The number of benzene rings is 2. The molecule has 0 amide bonds. The lowest BCUT2D eigenvalue weighted by Crippen LogP contribution is -2.05. The molecule has 0 aliphatic heterocycles. The zero-order chi connectivity index (χ0) is 17.7. The van der Waals surface area contributed by atoms with Crippen molar-refractivity contribution in [3.05, 3.63) is 53.6 Å². The van der Waals surface area contributed by atoms with Crippen molar-refractivity contribution in [2.24, 2.45) is 0 Å². The molecule has 0 fully saturated rings. The number of phenols is 2. The topological polar surface area (TPSA) is 127 Å². The molecule has 24 heavy (non-hydrogen) atoms. The molecule has 2 aromatic rings. The zero-order valence-corrected chi connectivity index (χ0v) is 13.6. The van der Waals surface area contributed by atoms with Crippen LogP contribution in [0, 0.1) is 0 Å². The number of hydrogen-bond acceptors (Lipinski definition) is 4. The average Bonchev–Trinajstić information content (AvgIpc) is 2.47. The molecule has 0 bridgehead atoms. The van der Waals surface area contributed by atoms with Crippen LogP contribution in [0.5, 0.6) is 11.5 Å². The van der Waals surface area contributed by atoms with Crippen molar-refractivity contribution in [1.82, 2.24) is 0 Å². The second-order valence-electron chi connectivity index (χ2n) is 5.33. The summed E-state index contributed by atoms with van der Waals surface area (Å²) in [5.41, 5.74) is 0.986. The molecular weight excluding hydrogens is 333 g/mol. The summed E-state index contributed by atoms with van der Waals surface area (Å²) in [6, 6.07) is 10.4. The largest absolute Gasteiger partial charge is 0.508 e. The molecule has 0 unspecified atom stereocenters. The SMILES string of the molecule is O=C(CCCc1ccc(O)cc1)c1ccc(O)cc1NP(=O)(O)O. The molecule has 0 radical (unpaired) electrons. The predicted molar refractivity (Wildman–Crippen MR) is 89.1 cm³/mol. The summed E-state index contributed by atoms with van der Waals surface area (Å²) >= 11 is 0. The minimum Gasteiger partial charge on any atom is -0.508 e. The van der Waals surface area contributed by atoms with E-state index in [2.05, 4.69) is 0 Å². The molecule has 7 nitrogen and oxygen atoms in total. The first-order valence-electron chi connectivity index (χ1n) is 7.22. The molecule has 0 aromatic heterocycles. The molecule has 2 rings (SSSR count). The van der Waals surface area contributed by atoms with Gasteiger partial charge in [0.15, 0.2) is 5.78 Å². The monoisotopic (exact) mass is 351 g/mol. The van der Waals surface area contributed by atoms with Crippen LogP contribution in [0.2, 0.25) is 0 Å². The van der Waals surface area contributed by atoms with E-state index in [9.17, 15) is 19.6 Å². The van der Waals surface area contributed by atoms with Crippen LogP contribution in [0.1, 0.15) is 28.8 Å². The Morgan fingerprint density at radius 2 is 1.62 bits per heavy atom. The number of nitrogens with one attached hydrogen (secondary N) is 1. The summed E-state index contributed by atoms with van der Waals surface area (Å²) in [6.07, 6.45) is 1.35. The first kappa shape index (κ1) is 18.0. The van der Waals surface area contributed by atoms with E-state index < -0.39 is 7.75 Å². The summed E-state index contributed by atoms with van der Waals surface area (Å²) in [6.45, 7) is 0. The van der Waals surface area contributed by atoms with Gasteiger partial charge in [-0.1, -0.05) is 12.1 Å². The lowest BCUT2D eigenvalue weighted by Gasteiger charge is -2.12. The molecule has 2 aromatic carbocycles. The molecule has 128 valence electrons. The van der Waals surface area contributed by atoms with E-state index in [-0.39, 0.29) is 35.0 Å². The number of ketones is 1. The first-order valence-corrected chi connectivity index (χ1v) is 8.84. The first-order chi connectivity index (χ1) is 11.2. The number of carbonyl (C=O) groups excluding carboxylic acids is 1. The van der Waals surface area contributed by atoms with E-state index in [1.165, 1.54) is 12.1 Å². The summed E-state index contributed by atoms with van der Waals surface area (Å²) < 4.78 is 11.1. The molecule has 0 aliphatic carbocycles. The second-order valence-corrected chi connectivity index (χ2v) is 6.64. The van der Waals surface area contributed by atoms with Gasteiger partial charge in [-0.05, 0) is 42.7 Å². The number of rotatable bonds is 7. The fourth-order valence-corrected chi connectivity index (χ4v) is 2.77. The van der Waals surface area contributed by atoms with Gasteiger partial charge in [0.2, 0.25) is 0 Å². The van der Waals surface area contributed by atoms with Gasteiger partial charge in [0.25, 0.3) is 0 Å². The fraction of sp³-hybridized carbons (Fsp3) is 0.188. The number of carbonyl (C=O) groups is 1. The predicted octanol–water partition coefficient (Wildman–Crippen LogP) is 2.81. The van der Waals surface area contributed by atoms with Crippen molar-refractivity contribution in [2.75, 3.05) is 5.09 Å². The molecule has 0 saturated heterocycles. The van der Waals surface area contributed by atoms with Crippen molar-refractivity contribution in [3.63, 3.8) is 0 Å². The van der Waals surface area contributed by atoms with Crippen LogP contribution in [0.15, 0.2) is 42.5 Å². The number of aromatic hydroxyl groups is 2. The van der Waals surface area contributed by atoms with Crippen LogP contribution in [0.4, 0.5) is 5.69 Å². The molecule has 0 aliphatic rings. The van der Waals surface area contributed by atoms with Gasteiger partial charge in [0.1, 0.15) is 11.5 Å². The molecule has 0 heterocycles. The maximum Gasteiger partial charge on any atom is 0.427 e.